The third-order valence-electron chi connectivity index (χ3n) is 6.45. The van der Waals surface area contributed by atoms with E-state index in [9.17, 15) is 14.4 Å². The second-order valence-electron chi connectivity index (χ2n) is 9.91. The Morgan fingerprint density at radius 3 is 2.15 bits per heavy atom. The number of nitrogens with zero attached hydrogens (tertiary/aromatic N) is 1. The molecule has 1 aromatic heterocycles. The molecule has 39 heavy (non-hydrogen) atoms. The van der Waals surface area contributed by atoms with Crippen LogP contribution in [0.25, 0.3) is 11.0 Å². The summed E-state index contributed by atoms with van der Waals surface area (Å²) in [7, 11) is 0. The van der Waals surface area contributed by atoms with Crippen LogP contribution in [0.3, 0.4) is 0 Å². The van der Waals surface area contributed by atoms with Crippen molar-refractivity contribution in [1.82, 2.24) is 10.2 Å². The number of para-hydroxylation sites is 1. The van der Waals surface area contributed by atoms with E-state index in [4.69, 9.17) is 9.15 Å². The topological polar surface area (TPSA) is 88.9 Å². The highest BCUT2D eigenvalue weighted by Gasteiger charge is 2.30. The summed E-state index contributed by atoms with van der Waals surface area (Å²) in [6, 6.07) is 26.5. The van der Waals surface area contributed by atoms with E-state index >= 15 is 0 Å². The summed E-state index contributed by atoms with van der Waals surface area (Å²) in [6.07, 6.45) is 0.736. The van der Waals surface area contributed by atoms with Gasteiger partial charge in [0.1, 0.15) is 12.2 Å². The van der Waals surface area contributed by atoms with Crippen molar-refractivity contribution in [3.63, 3.8) is 0 Å². The normalized spacial score (nSPS) is 11.8. The van der Waals surface area contributed by atoms with Crippen molar-refractivity contribution in [2.24, 2.45) is 5.92 Å². The lowest BCUT2D eigenvalue weighted by molar-refractivity contribution is 0.0884. The van der Waals surface area contributed by atoms with Crippen LogP contribution in [0.5, 0.6) is 0 Å². The number of aryl methyl sites for hydroxylation is 1. The molecule has 0 unspecified atom stereocenters. The van der Waals surface area contributed by atoms with Gasteiger partial charge in [-0.2, -0.15) is 0 Å². The van der Waals surface area contributed by atoms with Crippen LogP contribution >= 0.6 is 0 Å². The van der Waals surface area contributed by atoms with Gasteiger partial charge >= 0.3 is 12.1 Å². The lowest BCUT2D eigenvalue weighted by Crippen LogP contribution is -2.50. The van der Waals surface area contributed by atoms with Gasteiger partial charge in [0.05, 0.1) is 6.04 Å². The van der Waals surface area contributed by atoms with Gasteiger partial charge < -0.3 is 14.5 Å². The average Bonchev–Trinajstić information content (AvgIpc) is 3.39. The maximum Gasteiger partial charge on any atom is 0.418 e. The first-order valence-electron chi connectivity index (χ1n) is 13.3. The fraction of sp³-hybridized carbons (Fsp3) is 0.281. The molecule has 4 rings (SSSR count). The van der Waals surface area contributed by atoms with Crippen LogP contribution in [-0.2, 0) is 17.8 Å². The summed E-state index contributed by atoms with van der Waals surface area (Å²) < 4.78 is 11.3. The van der Waals surface area contributed by atoms with Gasteiger partial charge in [0.15, 0.2) is 5.76 Å². The summed E-state index contributed by atoms with van der Waals surface area (Å²) in [6.45, 7) is 4.24. The molecule has 0 spiro atoms. The number of furan rings is 1. The van der Waals surface area contributed by atoms with Gasteiger partial charge in [0, 0.05) is 11.9 Å². The monoisotopic (exact) mass is 526 g/mol. The number of ether oxygens (including phenoxy) is 1. The molecule has 7 nitrogen and oxygen atoms in total. The van der Waals surface area contributed by atoms with Crippen molar-refractivity contribution in [3.05, 3.63) is 108 Å². The van der Waals surface area contributed by atoms with Crippen LogP contribution in [-0.4, -0.2) is 35.4 Å². The highest BCUT2D eigenvalue weighted by atomic mass is 16.6. The van der Waals surface area contributed by atoms with E-state index in [1.165, 1.54) is 0 Å². The Kier molecular flexibility index (Phi) is 9.51. The molecule has 0 saturated carbocycles. The number of Topliss-reactive ketones (excluding diaryl/α,β-unsaturated/α-hetero) is 1. The van der Waals surface area contributed by atoms with Gasteiger partial charge in [-0.1, -0.05) is 92.7 Å². The summed E-state index contributed by atoms with van der Waals surface area (Å²) in [5.74, 6) is 0.0696. The zero-order valence-corrected chi connectivity index (χ0v) is 22.3. The fourth-order valence-corrected chi connectivity index (χ4v) is 4.19. The quantitative estimate of drug-likeness (QED) is 0.212. The van der Waals surface area contributed by atoms with Crippen LogP contribution in [0.15, 0.2) is 95.4 Å². The molecule has 7 heteroatoms. The number of carbonyl (C=O) groups excluding carboxylic acids is 3. The Balaban J connectivity index is 1.52. The highest BCUT2D eigenvalue weighted by Crippen LogP contribution is 2.21. The number of rotatable bonds is 11. The van der Waals surface area contributed by atoms with E-state index in [0.717, 1.165) is 21.4 Å². The van der Waals surface area contributed by atoms with E-state index in [2.05, 4.69) is 5.32 Å². The molecule has 0 aliphatic carbocycles. The first-order chi connectivity index (χ1) is 18.9. The van der Waals surface area contributed by atoms with E-state index < -0.39 is 18.2 Å². The number of carbonyl (C=O) groups is 3. The predicted octanol–water partition coefficient (Wildman–Crippen LogP) is 7.01. The molecule has 4 aromatic rings. The predicted molar refractivity (Wildman–Crippen MR) is 150 cm³/mol. The van der Waals surface area contributed by atoms with Crippen LogP contribution in [0.2, 0.25) is 0 Å². The number of fused-ring (bicyclic) bond motifs is 1. The summed E-state index contributed by atoms with van der Waals surface area (Å²) >= 11 is 0. The zero-order chi connectivity index (χ0) is 27.6. The third-order valence-corrected chi connectivity index (χ3v) is 6.45. The van der Waals surface area contributed by atoms with Crippen molar-refractivity contribution < 1.29 is 23.5 Å². The number of amides is 3. The van der Waals surface area contributed by atoms with Crippen LogP contribution in [0, 0.1) is 5.92 Å². The van der Waals surface area contributed by atoms with Crippen molar-refractivity contribution in [3.8, 4) is 0 Å². The molecule has 1 heterocycles. The standard InChI is InChI=1S/C32H34N2O5/c1-23(2)19-20-34(32(37)38-22-25-13-7-4-8-14-25)31(36)33-27(18-17-24-11-5-3-6-12-24)30(35)29-21-26-15-9-10-16-28(26)39-29/h3-16,21,23,27H,17-20,22H2,1-2H3,(H,33,36)/t27-/m1/s1. The average molecular weight is 527 g/mol. The second-order valence-corrected chi connectivity index (χ2v) is 9.91. The number of ketones is 1. The Morgan fingerprint density at radius 1 is 0.846 bits per heavy atom. The van der Waals surface area contributed by atoms with Crippen molar-refractivity contribution in [1.29, 1.82) is 0 Å². The molecule has 0 fully saturated rings. The lowest BCUT2D eigenvalue weighted by atomic mass is 10.0. The number of hydrogen-bond donors (Lipinski definition) is 1. The Labute approximate surface area is 228 Å². The SMILES string of the molecule is CC(C)CCN(C(=O)N[C@H](CCc1ccccc1)C(=O)c1cc2ccccc2o1)C(=O)OCc1ccccc1. The Hall–Kier alpha value is -4.39. The minimum absolute atomic E-state index is 0.0421. The van der Waals surface area contributed by atoms with Crippen LogP contribution in [0.1, 0.15) is 48.4 Å². The zero-order valence-electron chi connectivity index (χ0n) is 22.3. The Morgan fingerprint density at radius 2 is 1.49 bits per heavy atom. The maximum absolute atomic E-state index is 13.6. The van der Waals surface area contributed by atoms with E-state index in [1.807, 2.05) is 92.7 Å². The number of urea groups is 1. The van der Waals surface area contributed by atoms with Gasteiger partial charge in [-0.05, 0) is 48.4 Å². The molecule has 0 bridgehead atoms. The van der Waals surface area contributed by atoms with E-state index in [0.29, 0.717) is 24.8 Å². The van der Waals surface area contributed by atoms with Gasteiger partial charge in [-0.25, -0.2) is 14.5 Å². The summed E-state index contributed by atoms with van der Waals surface area (Å²) in [5.41, 5.74) is 2.45. The smallest absolute Gasteiger partial charge is 0.418 e. The molecule has 0 aliphatic rings. The number of benzene rings is 3. The molecule has 1 N–H and O–H groups in total. The van der Waals surface area contributed by atoms with E-state index in [1.54, 1.807) is 12.1 Å². The van der Waals surface area contributed by atoms with Gasteiger partial charge in [0.2, 0.25) is 5.78 Å². The number of hydrogen-bond acceptors (Lipinski definition) is 5. The molecule has 3 amide bonds. The van der Waals surface area contributed by atoms with Crippen molar-refractivity contribution >= 4 is 28.9 Å². The summed E-state index contributed by atoms with van der Waals surface area (Å²) in [5, 5.41) is 3.61. The minimum atomic E-state index is -0.901. The van der Waals surface area contributed by atoms with Gasteiger partial charge in [-0.15, -0.1) is 0 Å². The number of imide groups is 1. The highest BCUT2D eigenvalue weighted by molar-refractivity contribution is 6.03. The molecule has 0 radical (unpaired) electrons. The molecule has 0 aliphatic heterocycles. The third kappa shape index (κ3) is 7.80. The second kappa shape index (κ2) is 13.4. The van der Waals surface area contributed by atoms with Crippen molar-refractivity contribution in [2.45, 2.75) is 45.8 Å². The molecule has 202 valence electrons. The Bertz CT molecular complexity index is 1350. The molecule has 3 aromatic carbocycles. The minimum Gasteiger partial charge on any atom is -0.453 e. The largest absolute Gasteiger partial charge is 0.453 e. The molecule has 0 saturated heterocycles. The number of nitrogens with one attached hydrogen (secondary N) is 1. The maximum atomic E-state index is 13.6. The summed E-state index contributed by atoms with van der Waals surface area (Å²) in [4.78, 5) is 41.1. The van der Waals surface area contributed by atoms with Crippen LogP contribution < -0.4 is 5.32 Å². The molecule has 1 atom stereocenters. The first-order valence-corrected chi connectivity index (χ1v) is 13.3. The van der Waals surface area contributed by atoms with Gasteiger partial charge in [-0.3, -0.25) is 4.79 Å². The van der Waals surface area contributed by atoms with Gasteiger partial charge in [0.25, 0.3) is 0 Å². The van der Waals surface area contributed by atoms with E-state index in [-0.39, 0.29) is 30.6 Å². The molecular formula is C32H34N2O5. The molecular weight excluding hydrogens is 492 g/mol. The van der Waals surface area contributed by atoms with Crippen molar-refractivity contribution in [2.75, 3.05) is 6.54 Å². The van der Waals surface area contributed by atoms with Crippen LogP contribution in [0.4, 0.5) is 9.59 Å². The fourth-order valence-electron chi connectivity index (χ4n) is 4.19. The first kappa shape index (κ1) is 27.6. The lowest BCUT2D eigenvalue weighted by Gasteiger charge is -2.24.